The molecule has 0 amide bonds. The molecule has 0 saturated heterocycles. The van der Waals surface area contributed by atoms with Gasteiger partial charge in [-0.2, -0.15) is 4.31 Å². The van der Waals surface area contributed by atoms with E-state index in [1.165, 1.54) is 22.5 Å². The van der Waals surface area contributed by atoms with Crippen molar-refractivity contribution in [2.45, 2.75) is 31.6 Å². The van der Waals surface area contributed by atoms with Crippen LogP contribution in [0.1, 0.15) is 22.3 Å². The van der Waals surface area contributed by atoms with Crippen LogP contribution in [0.2, 0.25) is 5.02 Å². The summed E-state index contributed by atoms with van der Waals surface area (Å²) in [5, 5.41) is 0.415. The first-order chi connectivity index (χ1) is 15.3. The van der Waals surface area contributed by atoms with Crippen molar-refractivity contribution < 1.29 is 22.3 Å². The first-order valence-electron chi connectivity index (χ1n) is 10.2. The summed E-state index contributed by atoms with van der Waals surface area (Å²) in [5.74, 6) is 0.374. The van der Waals surface area contributed by atoms with Gasteiger partial charge in [-0.1, -0.05) is 35.9 Å². The molecule has 0 fully saturated rings. The second kappa shape index (κ2) is 9.58. The molecule has 0 bridgehead atoms. The molecule has 1 aliphatic heterocycles. The highest BCUT2D eigenvalue weighted by atomic mass is 35.5. The maximum Gasteiger partial charge on any atom is 0.243 e. The number of fused-ring (bicyclic) bond motifs is 1. The molecule has 0 aliphatic carbocycles. The van der Waals surface area contributed by atoms with Gasteiger partial charge in [-0.25, -0.2) is 12.8 Å². The van der Waals surface area contributed by atoms with E-state index >= 15 is 0 Å². The summed E-state index contributed by atoms with van der Waals surface area (Å²) in [6.45, 7) is 3.20. The first-order valence-corrected chi connectivity index (χ1v) is 12.0. The third kappa shape index (κ3) is 5.13. The standard InChI is InChI=1S/C24H23ClFNO4S/c1-17-2-8-22(13-23(17)25)32(28,29)27-10-11-31-24-9-5-19(12-20(24)14-27)16-30-15-18-3-6-21(26)7-4-18/h2-9,12-13H,10-11,14-16H2,1H3. The van der Waals surface area contributed by atoms with Crippen molar-refractivity contribution in [1.29, 1.82) is 0 Å². The van der Waals surface area contributed by atoms with Crippen molar-refractivity contribution >= 4 is 21.6 Å². The van der Waals surface area contributed by atoms with Crippen molar-refractivity contribution in [3.8, 4) is 5.75 Å². The number of halogens is 2. The second-order valence-electron chi connectivity index (χ2n) is 7.66. The summed E-state index contributed by atoms with van der Waals surface area (Å²) < 4.78 is 52.4. The van der Waals surface area contributed by atoms with Crippen molar-refractivity contribution in [2.75, 3.05) is 13.2 Å². The monoisotopic (exact) mass is 475 g/mol. The van der Waals surface area contributed by atoms with Gasteiger partial charge in [0.05, 0.1) is 18.1 Å². The van der Waals surface area contributed by atoms with Gasteiger partial charge in [0, 0.05) is 23.7 Å². The third-order valence-corrected chi connectivity index (χ3v) is 7.55. The smallest absolute Gasteiger partial charge is 0.243 e. The number of rotatable bonds is 6. The van der Waals surface area contributed by atoms with E-state index in [9.17, 15) is 12.8 Å². The lowest BCUT2D eigenvalue weighted by molar-refractivity contribution is 0.107. The van der Waals surface area contributed by atoms with Gasteiger partial charge < -0.3 is 9.47 Å². The maximum atomic E-state index is 13.2. The van der Waals surface area contributed by atoms with Gasteiger partial charge in [0.1, 0.15) is 18.2 Å². The van der Waals surface area contributed by atoms with E-state index in [0.717, 1.165) is 22.3 Å². The molecule has 1 aliphatic rings. The predicted molar refractivity (Wildman–Crippen MR) is 121 cm³/mol. The Morgan fingerprint density at radius 2 is 1.75 bits per heavy atom. The van der Waals surface area contributed by atoms with Crippen LogP contribution >= 0.6 is 11.6 Å². The van der Waals surface area contributed by atoms with Crippen LogP contribution in [0.15, 0.2) is 65.6 Å². The predicted octanol–water partition coefficient (Wildman–Crippen LogP) is 5.09. The van der Waals surface area contributed by atoms with Crippen LogP contribution in [-0.2, 0) is 34.5 Å². The van der Waals surface area contributed by atoms with Crippen LogP contribution in [-0.4, -0.2) is 25.9 Å². The van der Waals surface area contributed by atoms with Crippen molar-refractivity contribution in [2.24, 2.45) is 0 Å². The highest BCUT2D eigenvalue weighted by Crippen LogP contribution is 2.29. The fourth-order valence-electron chi connectivity index (χ4n) is 3.47. The summed E-state index contributed by atoms with van der Waals surface area (Å²) in [7, 11) is -3.73. The van der Waals surface area contributed by atoms with Crippen LogP contribution in [0.5, 0.6) is 5.75 Å². The summed E-state index contributed by atoms with van der Waals surface area (Å²) in [4.78, 5) is 0.162. The summed E-state index contributed by atoms with van der Waals surface area (Å²) in [6.07, 6.45) is 0. The third-order valence-electron chi connectivity index (χ3n) is 5.30. The Bertz CT molecular complexity index is 1220. The average Bonchev–Trinajstić information content (AvgIpc) is 2.99. The largest absolute Gasteiger partial charge is 0.492 e. The minimum Gasteiger partial charge on any atom is -0.492 e. The van der Waals surface area contributed by atoms with Gasteiger partial charge in [0.15, 0.2) is 0 Å². The molecule has 1 heterocycles. The lowest BCUT2D eigenvalue weighted by Gasteiger charge is -2.20. The second-order valence-corrected chi connectivity index (χ2v) is 10.0. The number of aryl methyl sites for hydroxylation is 1. The Hall–Kier alpha value is -2.45. The summed E-state index contributed by atoms with van der Waals surface area (Å²) >= 11 is 6.15. The molecule has 8 heteroatoms. The van der Waals surface area contributed by atoms with Gasteiger partial charge in [-0.05, 0) is 60.0 Å². The van der Waals surface area contributed by atoms with Gasteiger partial charge >= 0.3 is 0 Å². The lowest BCUT2D eigenvalue weighted by atomic mass is 10.1. The van der Waals surface area contributed by atoms with Gasteiger partial charge in [-0.15, -0.1) is 0 Å². The molecule has 168 valence electrons. The SMILES string of the molecule is Cc1ccc(S(=O)(=O)N2CCOc3ccc(COCc4ccc(F)cc4)cc3C2)cc1Cl. The molecule has 0 aromatic heterocycles. The summed E-state index contributed by atoms with van der Waals surface area (Å²) in [5.41, 5.74) is 3.36. The highest BCUT2D eigenvalue weighted by molar-refractivity contribution is 7.89. The first kappa shape index (κ1) is 22.7. The molecule has 32 heavy (non-hydrogen) atoms. The number of hydrogen-bond acceptors (Lipinski definition) is 4. The van der Waals surface area contributed by atoms with E-state index in [1.54, 1.807) is 24.3 Å². The van der Waals surface area contributed by atoms with Crippen molar-refractivity contribution in [3.05, 3.63) is 93.8 Å². The van der Waals surface area contributed by atoms with Gasteiger partial charge in [-0.3, -0.25) is 0 Å². The molecule has 0 spiro atoms. The maximum absolute atomic E-state index is 13.2. The molecule has 0 unspecified atom stereocenters. The fourth-order valence-corrected chi connectivity index (χ4v) is 5.14. The van der Waals surface area contributed by atoms with Crippen LogP contribution in [0.3, 0.4) is 0 Å². The minimum atomic E-state index is -3.73. The number of nitrogens with zero attached hydrogens (tertiary/aromatic N) is 1. The Morgan fingerprint density at radius 1 is 1.03 bits per heavy atom. The van der Waals surface area contributed by atoms with Crippen LogP contribution in [0.4, 0.5) is 4.39 Å². The topological polar surface area (TPSA) is 55.8 Å². The van der Waals surface area contributed by atoms with E-state index in [1.807, 2.05) is 25.1 Å². The molecule has 3 aromatic carbocycles. The molecule has 5 nitrogen and oxygen atoms in total. The Labute approximate surface area is 192 Å². The van der Waals surface area contributed by atoms with E-state index < -0.39 is 10.0 Å². The number of ether oxygens (including phenoxy) is 2. The van der Waals surface area contributed by atoms with Crippen LogP contribution in [0.25, 0.3) is 0 Å². The highest BCUT2D eigenvalue weighted by Gasteiger charge is 2.28. The minimum absolute atomic E-state index is 0.162. The van der Waals surface area contributed by atoms with Crippen LogP contribution in [0, 0.1) is 12.7 Å². The van der Waals surface area contributed by atoms with E-state index in [4.69, 9.17) is 21.1 Å². The zero-order valence-corrected chi connectivity index (χ0v) is 19.1. The molecular weight excluding hydrogens is 453 g/mol. The fraction of sp³-hybridized carbons (Fsp3) is 0.250. The Balaban J connectivity index is 1.49. The van der Waals surface area contributed by atoms with E-state index in [-0.39, 0.29) is 30.4 Å². The Morgan fingerprint density at radius 3 is 2.50 bits per heavy atom. The van der Waals surface area contributed by atoms with Crippen molar-refractivity contribution in [1.82, 2.24) is 4.31 Å². The van der Waals surface area contributed by atoms with Gasteiger partial charge in [0.2, 0.25) is 10.0 Å². The zero-order valence-electron chi connectivity index (χ0n) is 17.6. The molecule has 0 saturated carbocycles. The Kier molecular flexibility index (Phi) is 6.81. The molecule has 3 aromatic rings. The lowest BCUT2D eigenvalue weighted by Crippen LogP contribution is -2.32. The van der Waals surface area contributed by atoms with E-state index in [2.05, 4.69) is 0 Å². The number of hydrogen-bond donors (Lipinski definition) is 0. The van der Waals surface area contributed by atoms with Gasteiger partial charge in [0.25, 0.3) is 0 Å². The molecule has 0 atom stereocenters. The zero-order chi connectivity index (χ0) is 22.7. The van der Waals surface area contributed by atoms with E-state index in [0.29, 0.717) is 24.0 Å². The molecule has 4 rings (SSSR count). The van der Waals surface area contributed by atoms with Crippen molar-refractivity contribution in [3.63, 3.8) is 0 Å². The number of sulfonamides is 1. The molecule has 0 N–H and O–H groups in total. The molecular formula is C24H23ClFNO4S. The quantitative estimate of drug-likeness (QED) is 0.498. The van der Waals surface area contributed by atoms with Crippen LogP contribution < -0.4 is 4.74 Å². The molecule has 0 radical (unpaired) electrons. The normalized spacial score (nSPS) is 14.5. The number of benzene rings is 3. The summed E-state index contributed by atoms with van der Waals surface area (Å²) in [6, 6.07) is 16.5. The average molecular weight is 476 g/mol.